The fraction of sp³-hybridized carbons (Fsp3) is 0.235. The molecule has 0 bridgehead atoms. The van der Waals surface area contributed by atoms with Crippen LogP contribution in [0.15, 0.2) is 42.5 Å². The molecule has 1 amide bonds. The number of carbonyl (C=O) groups is 1. The fourth-order valence-corrected chi connectivity index (χ4v) is 2.25. The largest absolute Gasteiger partial charge is 0.453 e. The first-order chi connectivity index (χ1) is 10.0. The number of hydrogen-bond acceptors (Lipinski definition) is 2. The molecule has 0 saturated carbocycles. The molecular weight excluding hydrogens is 286 g/mol. The SMILES string of the molecule is COC(=O)Nc1ccc(-c2cc(C(C)C)ccc2Cl)cc1. The van der Waals surface area contributed by atoms with Crippen LogP contribution in [0.2, 0.25) is 5.02 Å². The number of amides is 1. The molecular formula is C17H18ClNO2. The number of carbonyl (C=O) groups excluding carboxylic acids is 1. The van der Waals surface area contributed by atoms with E-state index in [1.807, 2.05) is 36.4 Å². The molecule has 4 heteroatoms. The van der Waals surface area contributed by atoms with Gasteiger partial charge in [0, 0.05) is 16.3 Å². The summed E-state index contributed by atoms with van der Waals surface area (Å²) in [6.07, 6.45) is -0.484. The first-order valence-corrected chi connectivity index (χ1v) is 7.14. The zero-order valence-electron chi connectivity index (χ0n) is 12.3. The van der Waals surface area contributed by atoms with Crippen LogP contribution in [0.25, 0.3) is 11.1 Å². The fourth-order valence-electron chi connectivity index (χ4n) is 2.03. The van der Waals surface area contributed by atoms with Gasteiger partial charge in [-0.1, -0.05) is 43.6 Å². The van der Waals surface area contributed by atoms with Gasteiger partial charge in [0.2, 0.25) is 0 Å². The third-order valence-corrected chi connectivity index (χ3v) is 3.61. The molecule has 21 heavy (non-hydrogen) atoms. The van der Waals surface area contributed by atoms with Crippen molar-refractivity contribution in [1.82, 2.24) is 0 Å². The van der Waals surface area contributed by atoms with Gasteiger partial charge in [0.05, 0.1) is 7.11 Å². The predicted molar refractivity (Wildman–Crippen MR) is 87.0 cm³/mol. The second-order valence-corrected chi connectivity index (χ2v) is 5.50. The van der Waals surface area contributed by atoms with Gasteiger partial charge >= 0.3 is 6.09 Å². The summed E-state index contributed by atoms with van der Waals surface area (Å²) >= 11 is 6.29. The van der Waals surface area contributed by atoms with Gasteiger partial charge in [-0.15, -0.1) is 0 Å². The van der Waals surface area contributed by atoms with E-state index < -0.39 is 6.09 Å². The predicted octanol–water partition coefficient (Wildman–Crippen LogP) is 5.31. The summed E-state index contributed by atoms with van der Waals surface area (Å²) in [5.41, 5.74) is 3.93. The maximum Gasteiger partial charge on any atom is 0.411 e. The van der Waals surface area contributed by atoms with Gasteiger partial charge in [-0.2, -0.15) is 0 Å². The Hall–Kier alpha value is -2.00. The van der Waals surface area contributed by atoms with Crippen LogP contribution in [0.3, 0.4) is 0 Å². The average molecular weight is 304 g/mol. The minimum absolute atomic E-state index is 0.446. The Morgan fingerprint density at radius 1 is 1.14 bits per heavy atom. The smallest absolute Gasteiger partial charge is 0.411 e. The highest BCUT2D eigenvalue weighted by atomic mass is 35.5. The number of rotatable bonds is 3. The summed E-state index contributed by atoms with van der Waals surface area (Å²) in [5.74, 6) is 0.446. The van der Waals surface area contributed by atoms with Gasteiger partial charge in [0.1, 0.15) is 0 Å². The molecule has 2 aromatic rings. The van der Waals surface area contributed by atoms with Gasteiger partial charge in [0.25, 0.3) is 0 Å². The van der Waals surface area contributed by atoms with Crippen molar-refractivity contribution < 1.29 is 9.53 Å². The molecule has 0 aliphatic rings. The van der Waals surface area contributed by atoms with Crippen molar-refractivity contribution in [1.29, 1.82) is 0 Å². The summed E-state index contributed by atoms with van der Waals surface area (Å²) in [5, 5.41) is 3.34. The molecule has 2 rings (SSSR count). The maximum atomic E-state index is 11.2. The average Bonchev–Trinajstić information content (AvgIpc) is 2.48. The highest BCUT2D eigenvalue weighted by Gasteiger charge is 2.08. The summed E-state index contributed by atoms with van der Waals surface area (Å²) < 4.78 is 4.56. The molecule has 2 aromatic carbocycles. The van der Waals surface area contributed by atoms with Crippen LogP contribution < -0.4 is 5.32 Å². The minimum Gasteiger partial charge on any atom is -0.453 e. The van der Waals surface area contributed by atoms with E-state index in [1.54, 1.807) is 0 Å². The third kappa shape index (κ3) is 3.76. The molecule has 0 aliphatic heterocycles. The van der Waals surface area contributed by atoms with Crippen molar-refractivity contribution in [3.63, 3.8) is 0 Å². The Morgan fingerprint density at radius 2 is 1.81 bits per heavy atom. The zero-order valence-corrected chi connectivity index (χ0v) is 13.1. The first kappa shape index (κ1) is 15.4. The number of benzene rings is 2. The number of hydrogen-bond donors (Lipinski definition) is 1. The van der Waals surface area contributed by atoms with E-state index in [1.165, 1.54) is 12.7 Å². The summed E-state index contributed by atoms with van der Waals surface area (Å²) in [7, 11) is 1.33. The Bertz CT molecular complexity index is 636. The molecule has 1 N–H and O–H groups in total. The lowest BCUT2D eigenvalue weighted by Gasteiger charge is -2.11. The second-order valence-electron chi connectivity index (χ2n) is 5.09. The van der Waals surface area contributed by atoms with E-state index in [0.717, 1.165) is 11.1 Å². The van der Waals surface area contributed by atoms with Gasteiger partial charge in [-0.05, 0) is 41.3 Å². The molecule has 0 fully saturated rings. The number of halogens is 1. The van der Waals surface area contributed by atoms with E-state index in [9.17, 15) is 4.79 Å². The Morgan fingerprint density at radius 3 is 2.38 bits per heavy atom. The molecule has 0 radical (unpaired) electrons. The van der Waals surface area contributed by atoms with Crippen molar-refractivity contribution in [3.8, 4) is 11.1 Å². The van der Waals surface area contributed by atoms with Gasteiger partial charge in [-0.25, -0.2) is 4.79 Å². The topological polar surface area (TPSA) is 38.3 Å². The van der Waals surface area contributed by atoms with Crippen LogP contribution in [-0.2, 0) is 4.74 Å². The second kappa shape index (κ2) is 6.64. The lowest BCUT2D eigenvalue weighted by atomic mass is 9.97. The van der Waals surface area contributed by atoms with Crippen LogP contribution in [-0.4, -0.2) is 13.2 Å². The van der Waals surface area contributed by atoms with Crippen LogP contribution in [0.1, 0.15) is 25.3 Å². The van der Waals surface area contributed by atoms with Gasteiger partial charge < -0.3 is 4.74 Å². The highest BCUT2D eigenvalue weighted by molar-refractivity contribution is 6.33. The van der Waals surface area contributed by atoms with Gasteiger partial charge in [-0.3, -0.25) is 5.32 Å². The Balaban J connectivity index is 2.30. The molecule has 0 atom stereocenters. The van der Waals surface area contributed by atoms with Crippen molar-refractivity contribution >= 4 is 23.4 Å². The third-order valence-electron chi connectivity index (χ3n) is 3.28. The van der Waals surface area contributed by atoms with Crippen molar-refractivity contribution in [2.75, 3.05) is 12.4 Å². The molecule has 3 nitrogen and oxygen atoms in total. The van der Waals surface area contributed by atoms with E-state index in [-0.39, 0.29) is 0 Å². The summed E-state index contributed by atoms with van der Waals surface area (Å²) in [4.78, 5) is 11.2. The van der Waals surface area contributed by atoms with Crippen LogP contribution in [0.4, 0.5) is 10.5 Å². The lowest BCUT2D eigenvalue weighted by Crippen LogP contribution is -2.10. The monoisotopic (exact) mass is 303 g/mol. The summed E-state index contributed by atoms with van der Waals surface area (Å²) in [6.45, 7) is 4.30. The molecule has 0 saturated heterocycles. The lowest BCUT2D eigenvalue weighted by molar-refractivity contribution is 0.187. The number of methoxy groups -OCH3 is 1. The first-order valence-electron chi connectivity index (χ1n) is 6.76. The Labute approximate surface area is 129 Å². The van der Waals surface area contributed by atoms with E-state index in [2.05, 4.69) is 30.0 Å². The zero-order chi connectivity index (χ0) is 15.4. The summed E-state index contributed by atoms with van der Waals surface area (Å²) in [6, 6.07) is 13.6. The van der Waals surface area contributed by atoms with E-state index in [4.69, 9.17) is 11.6 Å². The van der Waals surface area contributed by atoms with E-state index >= 15 is 0 Å². The van der Waals surface area contributed by atoms with Crippen LogP contribution in [0.5, 0.6) is 0 Å². The number of anilines is 1. The number of ether oxygens (including phenoxy) is 1. The standard InChI is InChI=1S/C17H18ClNO2/c1-11(2)13-6-9-16(18)15(10-13)12-4-7-14(8-5-12)19-17(20)21-3/h4-11H,1-3H3,(H,19,20). The van der Waals surface area contributed by atoms with Crippen molar-refractivity contribution in [3.05, 3.63) is 53.1 Å². The highest BCUT2D eigenvalue weighted by Crippen LogP contribution is 2.31. The minimum atomic E-state index is -0.484. The molecule has 0 aromatic heterocycles. The molecule has 0 spiro atoms. The number of nitrogens with one attached hydrogen (secondary N) is 1. The normalized spacial score (nSPS) is 10.5. The Kier molecular flexibility index (Phi) is 4.86. The molecule has 110 valence electrons. The molecule has 0 heterocycles. The van der Waals surface area contributed by atoms with Crippen LogP contribution >= 0.6 is 11.6 Å². The molecule has 0 aliphatic carbocycles. The van der Waals surface area contributed by atoms with Crippen molar-refractivity contribution in [2.45, 2.75) is 19.8 Å². The van der Waals surface area contributed by atoms with Gasteiger partial charge in [0.15, 0.2) is 0 Å². The van der Waals surface area contributed by atoms with Crippen LogP contribution in [0, 0.1) is 0 Å². The quantitative estimate of drug-likeness (QED) is 0.834. The maximum absolute atomic E-state index is 11.2. The van der Waals surface area contributed by atoms with Crippen molar-refractivity contribution in [2.24, 2.45) is 0 Å². The van der Waals surface area contributed by atoms with E-state index in [0.29, 0.717) is 16.6 Å². The molecule has 0 unspecified atom stereocenters.